The molecule has 0 saturated carbocycles. The van der Waals surface area contributed by atoms with Gasteiger partial charge in [-0.15, -0.1) is 11.3 Å². The molecule has 0 atom stereocenters. The van der Waals surface area contributed by atoms with E-state index in [1.165, 1.54) is 11.3 Å². The number of nitrogens with zero attached hydrogens (tertiary/aromatic N) is 2. The highest BCUT2D eigenvalue weighted by atomic mass is 32.1. The minimum absolute atomic E-state index is 0.0939. The summed E-state index contributed by atoms with van der Waals surface area (Å²) in [6.07, 6.45) is 2.41. The molecule has 1 aromatic heterocycles. The van der Waals surface area contributed by atoms with Crippen molar-refractivity contribution in [2.75, 3.05) is 25.2 Å². The summed E-state index contributed by atoms with van der Waals surface area (Å²) in [7, 11) is 0. The lowest BCUT2D eigenvalue weighted by Crippen LogP contribution is -2.29. The molecule has 25 heavy (non-hydrogen) atoms. The summed E-state index contributed by atoms with van der Waals surface area (Å²) in [5.41, 5.74) is 1.15. The van der Waals surface area contributed by atoms with Crippen molar-refractivity contribution in [2.45, 2.75) is 19.3 Å². The standard InChI is InChI=1S/C17H17N3O4S/c21-15(20-5-1-2-6-20)8-12-9-25-17(18-12)19-16(22)11-3-4-13-14(7-11)24-10-23-13/h3-4,7,9H,1-2,5-6,8,10H2,(H,18,19,22). The second-order valence-corrected chi connectivity index (χ2v) is 6.79. The van der Waals surface area contributed by atoms with E-state index in [2.05, 4.69) is 10.3 Å². The summed E-state index contributed by atoms with van der Waals surface area (Å²) in [6.45, 7) is 1.83. The number of rotatable bonds is 4. The number of thiazole rings is 1. The predicted octanol–water partition coefficient (Wildman–Crippen LogP) is 2.29. The van der Waals surface area contributed by atoms with Crippen molar-refractivity contribution in [3.8, 4) is 11.5 Å². The van der Waals surface area contributed by atoms with Gasteiger partial charge in [0.25, 0.3) is 5.91 Å². The van der Waals surface area contributed by atoms with Crippen molar-refractivity contribution in [3.63, 3.8) is 0 Å². The maximum atomic E-state index is 12.3. The normalized spacial score (nSPS) is 15.4. The first-order valence-corrected chi connectivity index (χ1v) is 9.00. The molecule has 0 spiro atoms. The molecule has 2 aliphatic heterocycles. The van der Waals surface area contributed by atoms with Crippen molar-refractivity contribution >= 4 is 28.3 Å². The number of aromatic nitrogens is 1. The minimum atomic E-state index is -0.273. The van der Waals surface area contributed by atoms with E-state index in [0.717, 1.165) is 25.9 Å². The van der Waals surface area contributed by atoms with Crippen LogP contribution in [0.5, 0.6) is 11.5 Å². The van der Waals surface area contributed by atoms with Gasteiger partial charge in [0.2, 0.25) is 12.7 Å². The number of ether oxygens (including phenoxy) is 2. The fourth-order valence-corrected chi connectivity index (χ4v) is 3.59. The van der Waals surface area contributed by atoms with Gasteiger partial charge >= 0.3 is 0 Å². The SMILES string of the molecule is O=C(Nc1nc(CC(=O)N2CCCC2)cs1)c1ccc2c(c1)OCO2. The van der Waals surface area contributed by atoms with Crippen molar-refractivity contribution < 1.29 is 19.1 Å². The van der Waals surface area contributed by atoms with Crippen molar-refractivity contribution in [2.24, 2.45) is 0 Å². The molecule has 0 unspecified atom stereocenters. The lowest BCUT2D eigenvalue weighted by Gasteiger charge is -2.13. The second-order valence-electron chi connectivity index (χ2n) is 5.93. The van der Waals surface area contributed by atoms with E-state index in [9.17, 15) is 9.59 Å². The molecule has 0 radical (unpaired) electrons. The fourth-order valence-electron chi connectivity index (χ4n) is 2.89. The summed E-state index contributed by atoms with van der Waals surface area (Å²) in [6, 6.07) is 5.02. The van der Waals surface area contributed by atoms with Crippen molar-refractivity contribution in [1.29, 1.82) is 0 Å². The van der Waals surface area contributed by atoms with Gasteiger partial charge in [-0.3, -0.25) is 14.9 Å². The highest BCUT2D eigenvalue weighted by Crippen LogP contribution is 2.32. The Labute approximate surface area is 148 Å². The quantitative estimate of drug-likeness (QED) is 0.906. The van der Waals surface area contributed by atoms with Crippen LogP contribution in [0, 0.1) is 0 Å². The third-order valence-corrected chi connectivity index (χ3v) is 5.00. The smallest absolute Gasteiger partial charge is 0.257 e. The van der Waals surface area contributed by atoms with E-state index >= 15 is 0 Å². The molecule has 7 nitrogen and oxygen atoms in total. The summed E-state index contributed by atoms with van der Waals surface area (Å²) >= 11 is 1.31. The number of carbonyl (C=O) groups is 2. The Hall–Kier alpha value is -2.61. The molecule has 1 N–H and O–H groups in total. The molecule has 3 heterocycles. The Morgan fingerprint density at radius 2 is 2.00 bits per heavy atom. The van der Waals surface area contributed by atoms with Crippen LogP contribution in [-0.2, 0) is 11.2 Å². The molecule has 0 bridgehead atoms. The summed E-state index contributed by atoms with van der Waals surface area (Å²) in [4.78, 5) is 30.7. The molecule has 4 rings (SSSR count). The van der Waals surface area contributed by atoms with Gasteiger partial charge in [-0.25, -0.2) is 4.98 Å². The van der Waals surface area contributed by atoms with Crippen molar-refractivity contribution in [1.82, 2.24) is 9.88 Å². The van der Waals surface area contributed by atoms with Crippen LogP contribution >= 0.6 is 11.3 Å². The Balaban J connectivity index is 1.39. The molecule has 1 fully saturated rings. The van der Waals surface area contributed by atoms with Crippen molar-refractivity contribution in [3.05, 3.63) is 34.8 Å². The summed E-state index contributed by atoms with van der Waals surface area (Å²) in [5.74, 6) is 1.01. The molecule has 2 aromatic rings. The van der Waals surface area contributed by atoms with E-state index in [-0.39, 0.29) is 25.0 Å². The van der Waals surface area contributed by atoms with Gasteiger partial charge in [0.15, 0.2) is 16.6 Å². The molecule has 2 amide bonds. The first-order valence-electron chi connectivity index (χ1n) is 8.12. The van der Waals surface area contributed by atoms with Crippen LogP contribution in [0.1, 0.15) is 28.9 Å². The Morgan fingerprint density at radius 1 is 1.20 bits per heavy atom. The average molecular weight is 359 g/mol. The minimum Gasteiger partial charge on any atom is -0.454 e. The number of benzene rings is 1. The number of hydrogen-bond donors (Lipinski definition) is 1. The van der Waals surface area contributed by atoms with Gasteiger partial charge in [0.05, 0.1) is 12.1 Å². The fraction of sp³-hybridized carbons (Fsp3) is 0.353. The van der Waals surface area contributed by atoms with Gasteiger partial charge in [0.1, 0.15) is 0 Å². The van der Waals surface area contributed by atoms with Gasteiger partial charge in [-0.1, -0.05) is 0 Å². The summed E-state index contributed by atoms with van der Waals surface area (Å²) in [5, 5.41) is 5.05. The molecular formula is C17H17N3O4S. The summed E-state index contributed by atoms with van der Waals surface area (Å²) < 4.78 is 10.5. The van der Waals surface area contributed by atoms with Gasteiger partial charge in [0, 0.05) is 24.0 Å². The van der Waals surface area contributed by atoms with Crippen LogP contribution < -0.4 is 14.8 Å². The highest BCUT2D eigenvalue weighted by Gasteiger charge is 2.20. The zero-order chi connectivity index (χ0) is 17.2. The maximum Gasteiger partial charge on any atom is 0.257 e. The molecule has 2 aliphatic rings. The zero-order valence-electron chi connectivity index (χ0n) is 13.5. The number of likely N-dealkylation sites (tertiary alicyclic amines) is 1. The molecule has 130 valence electrons. The van der Waals surface area contributed by atoms with Crippen LogP contribution in [0.15, 0.2) is 23.6 Å². The van der Waals surface area contributed by atoms with E-state index in [1.807, 2.05) is 10.3 Å². The average Bonchev–Trinajstić information content (AvgIpc) is 3.35. The van der Waals surface area contributed by atoms with E-state index < -0.39 is 0 Å². The lowest BCUT2D eigenvalue weighted by atomic mass is 10.2. The topological polar surface area (TPSA) is 80.8 Å². The van der Waals surface area contributed by atoms with Gasteiger partial charge in [-0.2, -0.15) is 0 Å². The Morgan fingerprint density at radius 3 is 2.84 bits per heavy atom. The molecule has 0 aliphatic carbocycles. The van der Waals surface area contributed by atoms with Gasteiger partial charge in [-0.05, 0) is 31.0 Å². The number of nitrogens with one attached hydrogen (secondary N) is 1. The van der Waals surface area contributed by atoms with E-state index in [0.29, 0.717) is 27.9 Å². The number of amides is 2. The monoisotopic (exact) mass is 359 g/mol. The molecule has 1 aromatic carbocycles. The van der Waals surface area contributed by atoms with Gasteiger partial charge < -0.3 is 14.4 Å². The number of hydrogen-bond acceptors (Lipinski definition) is 6. The number of anilines is 1. The lowest BCUT2D eigenvalue weighted by molar-refractivity contribution is -0.129. The first kappa shape index (κ1) is 15.9. The molecule has 8 heteroatoms. The Bertz CT molecular complexity index is 814. The second kappa shape index (κ2) is 6.72. The third kappa shape index (κ3) is 3.43. The van der Waals surface area contributed by atoms with E-state index in [4.69, 9.17) is 9.47 Å². The highest BCUT2D eigenvalue weighted by molar-refractivity contribution is 7.14. The largest absolute Gasteiger partial charge is 0.454 e. The van der Waals surface area contributed by atoms with Crippen LogP contribution in [0.4, 0.5) is 5.13 Å². The number of carbonyl (C=O) groups excluding carboxylic acids is 2. The van der Waals surface area contributed by atoms with Crippen LogP contribution in [0.2, 0.25) is 0 Å². The predicted molar refractivity (Wildman–Crippen MR) is 92.2 cm³/mol. The first-order chi connectivity index (χ1) is 12.2. The molecular weight excluding hydrogens is 342 g/mol. The maximum absolute atomic E-state index is 12.3. The molecule has 1 saturated heterocycles. The number of fused-ring (bicyclic) bond motifs is 1. The van der Waals surface area contributed by atoms with E-state index in [1.54, 1.807) is 18.2 Å². The van der Waals surface area contributed by atoms with Crippen LogP contribution in [0.3, 0.4) is 0 Å². The zero-order valence-corrected chi connectivity index (χ0v) is 14.3. The third-order valence-electron chi connectivity index (χ3n) is 4.20. The van der Waals surface area contributed by atoms with Crippen LogP contribution in [-0.4, -0.2) is 41.6 Å². The Kier molecular flexibility index (Phi) is 4.27. The van der Waals surface area contributed by atoms with Crippen LogP contribution in [0.25, 0.3) is 0 Å².